The van der Waals surface area contributed by atoms with Gasteiger partial charge in [0.2, 0.25) is 0 Å². The van der Waals surface area contributed by atoms with Crippen LogP contribution in [0.1, 0.15) is 21.9 Å². The van der Waals surface area contributed by atoms with E-state index in [-0.39, 0.29) is 5.91 Å². The largest absolute Gasteiger partial charge is 0.317 e. The Morgan fingerprint density at radius 3 is 2.82 bits per heavy atom. The summed E-state index contributed by atoms with van der Waals surface area (Å²) in [5.41, 5.74) is 2.63. The number of aromatic nitrogens is 3. The number of carbonyl (C=O) groups is 1. The second kappa shape index (κ2) is 4.67. The average molecular weight is 295 g/mol. The maximum Gasteiger partial charge on any atom is 0.275 e. The average Bonchev–Trinajstić information content (AvgIpc) is 2.61. The van der Waals surface area contributed by atoms with Crippen molar-refractivity contribution in [3.05, 3.63) is 39.9 Å². The van der Waals surface area contributed by atoms with Crippen LogP contribution in [0, 0.1) is 13.8 Å². The lowest BCUT2D eigenvalue weighted by molar-refractivity contribution is 0.102. The first-order valence-corrected chi connectivity index (χ1v) is 5.82. The molecule has 0 bridgehead atoms. The summed E-state index contributed by atoms with van der Waals surface area (Å²) in [5.74, 6) is -0.259. The number of halogens is 1. The fourth-order valence-electron chi connectivity index (χ4n) is 1.46. The number of anilines is 1. The van der Waals surface area contributed by atoms with Crippen molar-refractivity contribution in [1.82, 2.24) is 15.2 Å². The first-order chi connectivity index (χ1) is 8.09. The van der Waals surface area contributed by atoms with Crippen LogP contribution in [0.4, 0.5) is 5.69 Å². The predicted molar refractivity (Wildman–Crippen MR) is 68.0 cm³/mol. The van der Waals surface area contributed by atoms with Crippen LogP contribution in [0.5, 0.6) is 0 Å². The Morgan fingerprint density at radius 2 is 2.24 bits per heavy atom. The van der Waals surface area contributed by atoms with Gasteiger partial charge in [-0.1, -0.05) is 0 Å². The lowest BCUT2D eigenvalue weighted by atomic mass is 10.3. The summed E-state index contributed by atoms with van der Waals surface area (Å²) >= 11 is 3.29. The summed E-state index contributed by atoms with van der Waals surface area (Å²) in [5, 5.41) is 9.62. The molecule has 0 fully saturated rings. The molecule has 0 aliphatic rings. The number of hydrogen-bond acceptors (Lipinski definition) is 3. The Labute approximate surface area is 107 Å². The van der Waals surface area contributed by atoms with Crippen LogP contribution < -0.4 is 5.32 Å². The Morgan fingerprint density at radius 1 is 1.47 bits per heavy atom. The molecule has 2 N–H and O–H groups in total. The van der Waals surface area contributed by atoms with Gasteiger partial charge in [-0.2, -0.15) is 5.10 Å². The second-order valence-electron chi connectivity index (χ2n) is 3.60. The highest BCUT2D eigenvalue weighted by molar-refractivity contribution is 9.10. The third-order valence-corrected chi connectivity index (χ3v) is 2.98. The fourth-order valence-corrected chi connectivity index (χ4v) is 1.90. The number of nitrogens with zero attached hydrogens (tertiary/aromatic N) is 2. The first-order valence-electron chi connectivity index (χ1n) is 5.03. The summed E-state index contributed by atoms with van der Waals surface area (Å²) in [6.07, 6.45) is 1.58. The highest BCUT2D eigenvalue weighted by Gasteiger charge is 2.14. The van der Waals surface area contributed by atoms with Gasteiger partial charge in [0.25, 0.3) is 5.91 Å². The molecule has 0 saturated carbocycles. The van der Waals surface area contributed by atoms with E-state index in [0.717, 1.165) is 11.4 Å². The normalized spacial score (nSPS) is 10.3. The molecule has 0 spiro atoms. The number of amides is 1. The topological polar surface area (TPSA) is 70.7 Å². The summed E-state index contributed by atoms with van der Waals surface area (Å²) < 4.78 is 0.663. The highest BCUT2D eigenvalue weighted by atomic mass is 79.9. The van der Waals surface area contributed by atoms with Crippen LogP contribution in [-0.2, 0) is 0 Å². The molecule has 0 atom stereocenters. The number of pyridine rings is 1. The third-order valence-electron chi connectivity index (χ3n) is 2.34. The molecule has 0 aliphatic heterocycles. The van der Waals surface area contributed by atoms with E-state index in [1.54, 1.807) is 18.3 Å². The van der Waals surface area contributed by atoms with E-state index in [0.29, 0.717) is 15.9 Å². The summed E-state index contributed by atoms with van der Waals surface area (Å²) in [7, 11) is 0. The van der Waals surface area contributed by atoms with Gasteiger partial charge in [-0.3, -0.25) is 9.89 Å². The SMILES string of the molecule is Cc1n[nH]c(C)c1NC(=O)c1ncccc1Br. The number of rotatable bonds is 2. The van der Waals surface area contributed by atoms with Crippen molar-refractivity contribution in [2.45, 2.75) is 13.8 Å². The predicted octanol–water partition coefficient (Wildman–Crippen LogP) is 2.44. The molecule has 88 valence electrons. The molecular weight excluding hydrogens is 284 g/mol. The number of carbonyl (C=O) groups excluding carboxylic acids is 1. The maximum absolute atomic E-state index is 12.0. The van der Waals surface area contributed by atoms with Crippen molar-refractivity contribution in [3.8, 4) is 0 Å². The van der Waals surface area contributed by atoms with Crippen LogP contribution in [0.25, 0.3) is 0 Å². The fraction of sp³-hybridized carbons (Fsp3) is 0.182. The van der Waals surface area contributed by atoms with Gasteiger partial charge in [0.15, 0.2) is 0 Å². The van der Waals surface area contributed by atoms with Crippen LogP contribution in [0.3, 0.4) is 0 Å². The molecule has 0 aliphatic carbocycles. The monoisotopic (exact) mass is 294 g/mol. The molecule has 2 aromatic heterocycles. The van der Waals surface area contributed by atoms with Gasteiger partial charge in [-0.05, 0) is 41.9 Å². The molecule has 2 rings (SSSR count). The molecule has 5 nitrogen and oxygen atoms in total. The molecule has 17 heavy (non-hydrogen) atoms. The number of hydrogen-bond donors (Lipinski definition) is 2. The van der Waals surface area contributed by atoms with Crippen molar-refractivity contribution in [2.24, 2.45) is 0 Å². The van der Waals surface area contributed by atoms with E-state index in [2.05, 4.69) is 36.4 Å². The standard InChI is InChI=1S/C11H11BrN4O/c1-6-9(7(2)16-15-6)14-11(17)10-8(12)4-3-5-13-10/h3-5H,1-2H3,(H,14,17)(H,15,16). The second-order valence-corrected chi connectivity index (χ2v) is 4.45. The minimum Gasteiger partial charge on any atom is -0.317 e. The molecule has 1 amide bonds. The van der Waals surface area contributed by atoms with Crippen molar-refractivity contribution < 1.29 is 4.79 Å². The summed E-state index contributed by atoms with van der Waals surface area (Å²) in [6.45, 7) is 3.68. The minimum atomic E-state index is -0.259. The molecule has 2 heterocycles. The van der Waals surface area contributed by atoms with Crippen LogP contribution >= 0.6 is 15.9 Å². The van der Waals surface area contributed by atoms with Crippen LogP contribution in [0.2, 0.25) is 0 Å². The van der Waals surface area contributed by atoms with Gasteiger partial charge in [0, 0.05) is 10.7 Å². The minimum absolute atomic E-state index is 0.259. The molecule has 0 radical (unpaired) electrons. The Balaban J connectivity index is 2.27. The summed E-state index contributed by atoms with van der Waals surface area (Å²) in [4.78, 5) is 16.0. The van der Waals surface area contributed by atoms with Crippen LogP contribution in [-0.4, -0.2) is 21.1 Å². The molecule has 0 unspecified atom stereocenters. The van der Waals surface area contributed by atoms with Crippen molar-refractivity contribution >= 4 is 27.5 Å². The molecule has 0 saturated heterocycles. The number of aryl methyl sites for hydroxylation is 2. The lowest BCUT2D eigenvalue weighted by Crippen LogP contribution is -2.15. The third kappa shape index (κ3) is 2.36. The summed E-state index contributed by atoms with van der Waals surface area (Å²) in [6, 6.07) is 3.53. The number of H-pyrrole nitrogens is 1. The van der Waals surface area contributed by atoms with Crippen molar-refractivity contribution in [2.75, 3.05) is 5.32 Å². The Kier molecular flexibility index (Phi) is 3.23. The zero-order valence-corrected chi connectivity index (χ0v) is 11.0. The molecule has 2 aromatic rings. The highest BCUT2D eigenvalue weighted by Crippen LogP contribution is 2.19. The van der Waals surface area contributed by atoms with E-state index >= 15 is 0 Å². The van der Waals surface area contributed by atoms with E-state index in [9.17, 15) is 4.79 Å². The first kappa shape index (κ1) is 11.8. The zero-order chi connectivity index (χ0) is 12.4. The van der Waals surface area contributed by atoms with E-state index in [4.69, 9.17) is 0 Å². The van der Waals surface area contributed by atoms with Gasteiger partial charge in [-0.25, -0.2) is 4.98 Å². The van der Waals surface area contributed by atoms with Gasteiger partial charge < -0.3 is 5.32 Å². The van der Waals surface area contributed by atoms with E-state index in [1.807, 2.05) is 13.8 Å². The number of aromatic amines is 1. The molecule has 6 heteroatoms. The van der Waals surface area contributed by atoms with E-state index in [1.165, 1.54) is 0 Å². The Bertz CT molecular complexity index is 545. The smallest absolute Gasteiger partial charge is 0.275 e. The maximum atomic E-state index is 12.0. The van der Waals surface area contributed by atoms with Crippen LogP contribution in [0.15, 0.2) is 22.8 Å². The Hall–Kier alpha value is -1.69. The lowest BCUT2D eigenvalue weighted by Gasteiger charge is -2.05. The van der Waals surface area contributed by atoms with Gasteiger partial charge in [0.05, 0.1) is 17.1 Å². The number of nitrogens with one attached hydrogen (secondary N) is 2. The zero-order valence-electron chi connectivity index (χ0n) is 9.41. The molecular formula is C11H11BrN4O. The van der Waals surface area contributed by atoms with Gasteiger partial charge in [0.1, 0.15) is 5.69 Å². The van der Waals surface area contributed by atoms with Crippen molar-refractivity contribution in [1.29, 1.82) is 0 Å². The molecule has 0 aromatic carbocycles. The van der Waals surface area contributed by atoms with Crippen molar-refractivity contribution in [3.63, 3.8) is 0 Å². The van der Waals surface area contributed by atoms with E-state index < -0.39 is 0 Å². The van der Waals surface area contributed by atoms with Gasteiger partial charge >= 0.3 is 0 Å². The quantitative estimate of drug-likeness (QED) is 0.894. The van der Waals surface area contributed by atoms with Gasteiger partial charge in [-0.15, -0.1) is 0 Å².